The number of rotatable bonds is 1. The zero-order valence-corrected chi connectivity index (χ0v) is 9.91. The fourth-order valence-electron chi connectivity index (χ4n) is 1.71. The largest absolute Gasteiger partial charge is 0.539 e. The molecular formula is C10H9BrN2O2. The second kappa shape index (κ2) is 3.34. The van der Waals surface area contributed by atoms with Crippen molar-refractivity contribution in [2.45, 2.75) is 0 Å². The van der Waals surface area contributed by atoms with Crippen molar-refractivity contribution in [3.8, 4) is 0 Å². The average molecular weight is 269 g/mol. The highest BCUT2D eigenvalue weighted by Gasteiger charge is 2.20. The summed E-state index contributed by atoms with van der Waals surface area (Å²) < 4.78 is 4.18. The molecule has 1 aromatic carbocycles. The topological polar surface area (TPSA) is 48.9 Å². The summed E-state index contributed by atoms with van der Waals surface area (Å²) in [5.41, 5.74) is 1.05. The number of carboxylic acid groups (broad SMARTS) is 1. The molecule has 0 saturated carbocycles. The Kier molecular flexibility index (Phi) is 2.26. The van der Waals surface area contributed by atoms with Gasteiger partial charge in [-0.3, -0.25) is 0 Å². The van der Waals surface area contributed by atoms with E-state index in [4.69, 9.17) is 0 Å². The van der Waals surface area contributed by atoms with Crippen LogP contribution >= 0.6 is 15.9 Å². The van der Waals surface area contributed by atoms with E-state index in [0.717, 1.165) is 9.99 Å². The van der Waals surface area contributed by atoms with Gasteiger partial charge < -0.3 is 9.90 Å². The first-order chi connectivity index (χ1) is 7.02. The Morgan fingerprint density at radius 3 is 2.80 bits per heavy atom. The maximum atomic E-state index is 11.0. The summed E-state index contributed by atoms with van der Waals surface area (Å²) in [7, 11) is 3.50. The molecule has 1 aromatic heterocycles. The Morgan fingerprint density at radius 2 is 2.20 bits per heavy atom. The van der Waals surface area contributed by atoms with Crippen molar-refractivity contribution < 1.29 is 14.6 Å². The zero-order chi connectivity index (χ0) is 11.2. The summed E-state index contributed by atoms with van der Waals surface area (Å²) in [6, 6.07) is 5.52. The number of aromatic nitrogens is 2. The predicted octanol–water partition coefficient (Wildman–Crippen LogP) is 0.129. The molecule has 0 atom stereocenters. The monoisotopic (exact) mass is 268 g/mol. The lowest BCUT2D eigenvalue weighted by atomic mass is 10.2. The molecule has 0 aliphatic carbocycles. The smallest absolute Gasteiger partial charge is 0.261 e. The average Bonchev–Trinajstić information content (AvgIpc) is 2.39. The molecule has 0 bridgehead atoms. The molecule has 0 fully saturated rings. The van der Waals surface area contributed by atoms with Crippen LogP contribution in [0.4, 0.5) is 0 Å². The number of hydrogen-bond acceptors (Lipinski definition) is 2. The number of halogens is 1. The third-order valence-corrected chi connectivity index (χ3v) is 3.02. The predicted molar refractivity (Wildman–Crippen MR) is 56.1 cm³/mol. The molecule has 0 radical (unpaired) electrons. The van der Waals surface area contributed by atoms with Crippen LogP contribution < -0.4 is 9.79 Å². The first-order valence-electron chi connectivity index (χ1n) is 4.38. The molecule has 0 spiro atoms. The highest BCUT2D eigenvalue weighted by molar-refractivity contribution is 9.10. The Balaban J connectivity index is 2.95. The third-order valence-electron chi connectivity index (χ3n) is 2.53. The molecule has 0 saturated heterocycles. The number of carbonyl (C=O) groups is 1. The fourth-order valence-corrected chi connectivity index (χ4v) is 2.07. The number of carboxylic acids is 1. The highest BCUT2D eigenvalue weighted by Crippen LogP contribution is 2.21. The standard InChI is InChI=1S/C10H9BrN2O2/c1-12-8-4-3-6(11)5-7(8)9(10(14)15)13(12)2/h3-5H,1-2H3. The lowest BCUT2D eigenvalue weighted by Gasteiger charge is -1.95. The zero-order valence-electron chi connectivity index (χ0n) is 8.32. The van der Waals surface area contributed by atoms with Crippen LogP contribution in [-0.2, 0) is 14.1 Å². The number of benzene rings is 1. The molecule has 5 heteroatoms. The van der Waals surface area contributed by atoms with Gasteiger partial charge in [-0.05, 0) is 18.2 Å². The lowest BCUT2D eigenvalue weighted by molar-refractivity contribution is -0.752. The number of fused-ring (bicyclic) bond motifs is 1. The van der Waals surface area contributed by atoms with E-state index in [0.29, 0.717) is 5.39 Å². The van der Waals surface area contributed by atoms with Gasteiger partial charge in [0.25, 0.3) is 5.69 Å². The fraction of sp³-hybridized carbons (Fsp3) is 0.200. The van der Waals surface area contributed by atoms with Gasteiger partial charge >= 0.3 is 0 Å². The van der Waals surface area contributed by atoms with Gasteiger partial charge in [0.1, 0.15) is 11.5 Å². The van der Waals surface area contributed by atoms with Crippen LogP contribution in [0.25, 0.3) is 10.9 Å². The summed E-state index contributed by atoms with van der Waals surface area (Å²) >= 11 is 3.32. The van der Waals surface area contributed by atoms with Gasteiger partial charge in [0.15, 0.2) is 7.05 Å². The number of nitrogens with zero attached hydrogens (tertiary/aromatic N) is 2. The van der Waals surface area contributed by atoms with E-state index >= 15 is 0 Å². The minimum Gasteiger partial charge on any atom is -0.539 e. The van der Waals surface area contributed by atoms with Crippen LogP contribution in [0.1, 0.15) is 10.5 Å². The minimum atomic E-state index is -1.17. The van der Waals surface area contributed by atoms with Gasteiger partial charge in [0, 0.05) is 4.47 Å². The van der Waals surface area contributed by atoms with Crippen LogP contribution in [0, 0.1) is 0 Å². The summed E-state index contributed by atoms with van der Waals surface area (Å²) in [6.07, 6.45) is 0. The van der Waals surface area contributed by atoms with Crippen molar-refractivity contribution in [3.63, 3.8) is 0 Å². The van der Waals surface area contributed by atoms with Crippen molar-refractivity contribution in [2.24, 2.45) is 14.1 Å². The first kappa shape index (κ1) is 10.2. The van der Waals surface area contributed by atoms with Crippen LogP contribution in [0.5, 0.6) is 0 Å². The molecule has 1 heterocycles. The Bertz CT molecular complexity index is 560. The second-order valence-corrected chi connectivity index (χ2v) is 4.26. The van der Waals surface area contributed by atoms with Gasteiger partial charge in [0.05, 0.1) is 12.4 Å². The molecule has 0 N–H and O–H groups in total. The Morgan fingerprint density at radius 1 is 1.53 bits per heavy atom. The van der Waals surface area contributed by atoms with Crippen LogP contribution in [0.3, 0.4) is 0 Å². The van der Waals surface area contributed by atoms with Crippen LogP contribution in [0.15, 0.2) is 22.7 Å². The van der Waals surface area contributed by atoms with Gasteiger partial charge in [-0.15, -0.1) is 4.68 Å². The number of hydrogen-bond donors (Lipinski definition) is 0. The first-order valence-corrected chi connectivity index (χ1v) is 5.17. The SMILES string of the molecule is Cn1c2ccc(Br)cc2c(C(=O)[O-])[n+]1C. The summed E-state index contributed by atoms with van der Waals surface area (Å²) in [6.45, 7) is 0. The maximum absolute atomic E-state index is 11.0. The van der Waals surface area contributed by atoms with Gasteiger partial charge in [0.2, 0.25) is 0 Å². The molecule has 0 unspecified atom stereocenters. The summed E-state index contributed by atoms with van der Waals surface area (Å²) in [4.78, 5) is 11.0. The van der Waals surface area contributed by atoms with Gasteiger partial charge in [-0.1, -0.05) is 15.9 Å². The van der Waals surface area contributed by atoms with Crippen molar-refractivity contribution in [1.29, 1.82) is 0 Å². The van der Waals surface area contributed by atoms with E-state index in [-0.39, 0.29) is 5.69 Å². The third kappa shape index (κ3) is 1.43. The Labute approximate surface area is 94.8 Å². The van der Waals surface area contributed by atoms with E-state index in [1.165, 1.54) is 0 Å². The van der Waals surface area contributed by atoms with Gasteiger partial charge in [-0.2, -0.15) is 4.68 Å². The van der Waals surface area contributed by atoms with Crippen molar-refractivity contribution in [1.82, 2.24) is 4.68 Å². The van der Waals surface area contributed by atoms with Crippen LogP contribution in [0.2, 0.25) is 0 Å². The maximum Gasteiger partial charge on any atom is 0.261 e. The van der Waals surface area contributed by atoms with E-state index in [9.17, 15) is 9.90 Å². The normalized spacial score (nSPS) is 10.9. The molecule has 4 nitrogen and oxygen atoms in total. The molecular weight excluding hydrogens is 260 g/mol. The molecule has 15 heavy (non-hydrogen) atoms. The van der Waals surface area contributed by atoms with Crippen molar-refractivity contribution in [3.05, 3.63) is 28.4 Å². The minimum absolute atomic E-state index is 0.189. The lowest BCUT2D eigenvalue weighted by Crippen LogP contribution is -2.45. The van der Waals surface area contributed by atoms with E-state index in [2.05, 4.69) is 15.9 Å². The van der Waals surface area contributed by atoms with Crippen molar-refractivity contribution in [2.75, 3.05) is 0 Å². The van der Waals surface area contributed by atoms with E-state index < -0.39 is 5.97 Å². The summed E-state index contributed by atoms with van der Waals surface area (Å²) in [5, 5.41) is 11.7. The molecule has 2 aromatic rings. The number of carbonyl (C=O) groups excluding carboxylic acids is 1. The van der Waals surface area contributed by atoms with E-state index in [1.54, 1.807) is 22.5 Å². The molecule has 0 amide bonds. The number of aromatic carboxylic acids is 1. The van der Waals surface area contributed by atoms with E-state index in [1.807, 2.05) is 19.2 Å². The molecule has 2 rings (SSSR count). The second-order valence-electron chi connectivity index (χ2n) is 3.34. The highest BCUT2D eigenvalue weighted by atomic mass is 79.9. The van der Waals surface area contributed by atoms with Crippen LogP contribution in [-0.4, -0.2) is 10.7 Å². The van der Waals surface area contributed by atoms with Gasteiger partial charge in [-0.25, -0.2) is 0 Å². The quantitative estimate of drug-likeness (QED) is 0.691. The molecule has 78 valence electrons. The molecule has 0 aliphatic heterocycles. The number of aryl methyl sites for hydroxylation is 1. The molecule has 0 aliphatic rings. The van der Waals surface area contributed by atoms with Crippen molar-refractivity contribution >= 4 is 32.8 Å². The Hall–Kier alpha value is -1.36. The summed E-state index contributed by atoms with van der Waals surface area (Å²) in [5.74, 6) is -1.17.